The zero-order valence-corrected chi connectivity index (χ0v) is 17.1. The topological polar surface area (TPSA) is 97.3 Å². The van der Waals surface area contributed by atoms with Crippen molar-refractivity contribution in [3.8, 4) is 5.69 Å². The van der Waals surface area contributed by atoms with Crippen LogP contribution in [-0.4, -0.2) is 41.0 Å². The molecule has 3 aromatic rings. The number of benzene rings is 2. The Morgan fingerprint density at radius 2 is 1.77 bits per heavy atom. The smallest absolute Gasteiger partial charge is 0.319 e. The summed E-state index contributed by atoms with van der Waals surface area (Å²) < 4.78 is 7.25. The summed E-state index contributed by atoms with van der Waals surface area (Å²) in [6.45, 7) is 1.26. The van der Waals surface area contributed by atoms with Crippen LogP contribution in [-0.2, 0) is 16.0 Å². The summed E-state index contributed by atoms with van der Waals surface area (Å²) in [6.07, 6.45) is 5.98. The Labute approximate surface area is 180 Å². The fourth-order valence-corrected chi connectivity index (χ4v) is 3.40. The predicted molar refractivity (Wildman–Crippen MR) is 118 cm³/mol. The van der Waals surface area contributed by atoms with E-state index in [0.717, 1.165) is 30.7 Å². The van der Waals surface area contributed by atoms with Gasteiger partial charge >= 0.3 is 6.03 Å². The van der Waals surface area contributed by atoms with Gasteiger partial charge in [0, 0.05) is 36.9 Å². The first-order chi connectivity index (χ1) is 15.2. The molecule has 31 heavy (non-hydrogen) atoms. The van der Waals surface area contributed by atoms with Gasteiger partial charge in [-0.2, -0.15) is 5.10 Å². The average molecular weight is 419 g/mol. The summed E-state index contributed by atoms with van der Waals surface area (Å²) in [5, 5.41) is 12.6. The van der Waals surface area contributed by atoms with Gasteiger partial charge in [0.25, 0.3) is 0 Å². The van der Waals surface area contributed by atoms with E-state index >= 15 is 0 Å². The van der Waals surface area contributed by atoms with Gasteiger partial charge in [-0.25, -0.2) is 9.48 Å². The molecular formula is C23H25N5O3. The summed E-state index contributed by atoms with van der Waals surface area (Å²) in [5.74, 6) is -0.109. The van der Waals surface area contributed by atoms with Gasteiger partial charge < -0.3 is 20.7 Å². The van der Waals surface area contributed by atoms with Crippen molar-refractivity contribution in [2.75, 3.05) is 23.8 Å². The minimum absolute atomic E-state index is 0.102. The Bertz CT molecular complexity index is 995. The van der Waals surface area contributed by atoms with Crippen LogP contribution in [0.5, 0.6) is 0 Å². The molecule has 0 radical (unpaired) electrons. The van der Waals surface area contributed by atoms with E-state index in [9.17, 15) is 9.59 Å². The van der Waals surface area contributed by atoms with Gasteiger partial charge in [-0.3, -0.25) is 4.79 Å². The SMILES string of the molecule is O=C(Cc1ccc(-n2cccn2)cc1)Nc1ccc(NC(=O)NC[C@@H]2CCCO2)cc1. The third kappa shape index (κ3) is 5.93. The monoisotopic (exact) mass is 419 g/mol. The summed E-state index contributed by atoms with van der Waals surface area (Å²) in [6, 6.07) is 16.3. The Morgan fingerprint density at radius 1 is 1.03 bits per heavy atom. The standard InChI is InChI=1S/C23H25N5O3/c29-22(15-17-4-10-20(11-5-17)28-13-2-12-25-28)26-18-6-8-19(9-7-18)27-23(30)24-16-21-3-1-14-31-21/h2,4-13,21H,1,3,14-16H2,(H,26,29)(H2,24,27,30)/t21-/m0/s1. The third-order valence-corrected chi connectivity index (χ3v) is 5.01. The van der Waals surface area contributed by atoms with E-state index in [2.05, 4.69) is 21.0 Å². The van der Waals surface area contributed by atoms with Gasteiger partial charge in [0.1, 0.15) is 0 Å². The summed E-state index contributed by atoms with van der Waals surface area (Å²) in [4.78, 5) is 24.3. The quantitative estimate of drug-likeness (QED) is 0.547. The van der Waals surface area contributed by atoms with E-state index in [1.54, 1.807) is 35.1 Å². The third-order valence-electron chi connectivity index (χ3n) is 5.01. The number of rotatable bonds is 7. The van der Waals surface area contributed by atoms with E-state index in [0.29, 0.717) is 17.9 Å². The molecule has 1 aromatic heterocycles. The average Bonchev–Trinajstić information content (AvgIpc) is 3.49. The van der Waals surface area contributed by atoms with E-state index < -0.39 is 0 Å². The summed E-state index contributed by atoms with van der Waals surface area (Å²) in [7, 11) is 0. The first-order valence-electron chi connectivity index (χ1n) is 10.3. The van der Waals surface area contributed by atoms with Crippen molar-refractivity contribution < 1.29 is 14.3 Å². The van der Waals surface area contributed by atoms with Gasteiger partial charge in [-0.15, -0.1) is 0 Å². The first-order valence-corrected chi connectivity index (χ1v) is 10.3. The zero-order valence-electron chi connectivity index (χ0n) is 17.1. The number of amides is 3. The molecule has 1 aliphatic heterocycles. The molecule has 1 fully saturated rings. The minimum Gasteiger partial charge on any atom is -0.376 e. The number of ether oxygens (including phenoxy) is 1. The normalized spacial score (nSPS) is 15.4. The molecule has 160 valence electrons. The van der Waals surface area contributed by atoms with Crippen LogP contribution in [0.15, 0.2) is 67.0 Å². The van der Waals surface area contributed by atoms with Gasteiger partial charge in [0.2, 0.25) is 5.91 Å². The summed E-state index contributed by atoms with van der Waals surface area (Å²) in [5.41, 5.74) is 3.17. The number of aromatic nitrogens is 2. The van der Waals surface area contributed by atoms with Crippen LogP contribution in [0.25, 0.3) is 5.69 Å². The van der Waals surface area contributed by atoms with Crippen LogP contribution < -0.4 is 16.0 Å². The molecule has 2 heterocycles. The van der Waals surface area contributed by atoms with Crippen LogP contribution in [0, 0.1) is 0 Å². The van der Waals surface area contributed by atoms with Crippen LogP contribution >= 0.6 is 0 Å². The van der Waals surface area contributed by atoms with Crippen LogP contribution in [0.1, 0.15) is 18.4 Å². The number of urea groups is 1. The van der Waals surface area contributed by atoms with Crippen molar-refractivity contribution >= 4 is 23.3 Å². The van der Waals surface area contributed by atoms with E-state index in [1.807, 2.05) is 36.5 Å². The maximum atomic E-state index is 12.3. The molecule has 0 spiro atoms. The second-order valence-electron chi connectivity index (χ2n) is 7.39. The Balaban J connectivity index is 1.23. The zero-order chi connectivity index (χ0) is 21.5. The molecule has 2 aromatic carbocycles. The fraction of sp³-hybridized carbons (Fsp3) is 0.261. The molecule has 0 aliphatic carbocycles. The van der Waals surface area contributed by atoms with Crippen molar-refractivity contribution in [2.45, 2.75) is 25.4 Å². The highest BCUT2D eigenvalue weighted by Crippen LogP contribution is 2.15. The molecule has 0 unspecified atom stereocenters. The molecule has 4 rings (SSSR count). The van der Waals surface area contributed by atoms with Crippen LogP contribution in [0.4, 0.5) is 16.2 Å². The lowest BCUT2D eigenvalue weighted by molar-refractivity contribution is -0.115. The molecule has 1 saturated heterocycles. The molecule has 1 atom stereocenters. The minimum atomic E-state index is -0.272. The highest BCUT2D eigenvalue weighted by molar-refractivity contribution is 5.93. The van der Waals surface area contributed by atoms with Crippen molar-refractivity contribution in [3.63, 3.8) is 0 Å². The molecule has 3 amide bonds. The highest BCUT2D eigenvalue weighted by Gasteiger charge is 2.16. The lowest BCUT2D eigenvalue weighted by Crippen LogP contribution is -2.35. The van der Waals surface area contributed by atoms with Crippen molar-refractivity contribution in [2.24, 2.45) is 0 Å². The van der Waals surface area contributed by atoms with Gasteiger partial charge in [-0.05, 0) is 60.9 Å². The van der Waals surface area contributed by atoms with Crippen LogP contribution in [0.3, 0.4) is 0 Å². The van der Waals surface area contributed by atoms with Crippen molar-refractivity contribution in [1.29, 1.82) is 0 Å². The Kier molecular flexibility index (Phi) is 6.59. The van der Waals surface area contributed by atoms with Gasteiger partial charge in [0.15, 0.2) is 0 Å². The largest absolute Gasteiger partial charge is 0.376 e. The molecule has 8 heteroatoms. The maximum absolute atomic E-state index is 12.3. The van der Waals surface area contributed by atoms with Crippen LogP contribution in [0.2, 0.25) is 0 Å². The van der Waals surface area contributed by atoms with E-state index in [-0.39, 0.29) is 24.5 Å². The number of anilines is 2. The van der Waals surface area contributed by atoms with E-state index in [4.69, 9.17) is 4.74 Å². The number of nitrogens with zero attached hydrogens (tertiary/aromatic N) is 2. The molecule has 0 bridgehead atoms. The molecule has 0 saturated carbocycles. The van der Waals surface area contributed by atoms with Crippen molar-refractivity contribution in [3.05, 3.63) is 72.6 Å². The number of hydrogen-bond acceptors (Lipinski definition) is 4. The number of carbonyl (C=O) groups excluding carboxylic acids is 2. The Hall–Kier alpha value is -3.65. The number of carbonyl (C=O) groups is 2. The van der Waals surface area contributed by atoms with Crippen molar-refractivity contribution in [1.82, 2.24) is 15.1 Å². The molecule has 8 nitrogen and oxygen atoms in total. The molecular weight excluding hydrogens is 394 g/mol. The van der Waals surface area contributed by atoms with E-state index in [1.165, 1.54) is 0 Å². The summed E-state index contributed by atoms with van der Waals surface area (Å²) >= 11 is 0. The lowest BCUT2D eigenvalue weighted by Gasteiger charge is -2.12. The Morgan fingerprint density at radius 3 is 2.42 bits per heavy atom. The molecule has 3 N–H and O–H groups in total. The first kappa shape index (κ1) is 20.6. The van der Waals surface area contributed by atoms with Gasteiger partial charge in [-0.1, -0.05) is 12.1 Å². The number of nitrogens with one attached hydrogen (secondary N) is 3. The highest BCUT2D eigenvalue weighted by atomic mass is 16.5. The second-order valence-corrected chi connectivity index (χ2v) is 7.39. The predicted octanol–water partition coefficient (Wildman–Crippen LogP) is 3.35. The lowest BCUT2D eigenvalue weighted by atomic mass is 10.1. The number of hydrogen-bond donors (Lipinski definition) is 3. The fourth-order valence-electron chi connectivity index (χ4n) is 3.40. The van der Waals surface area contributed by atoms with Gasteiger partial charge in [0.05, 0.1) is 18.2 Å². The second kappa shape index (κ2) is 9.90. The molecule has 1 aliphatic rings. The maximum Gasteiger partial charge on any atom is 0.319 e.